The maximum absolute atomic E-state index is 13.8. The minimum atomic E-state index is -0.478. The van der Waals surface area contributed by atoms with Gasteiger partial charge in [-0.05, 0) is 42.8 Å². The zero-order chi connectivity index (χ0) is 14.0. The molecule has 100 valence electrons. The van der Waals surface area contributed by atoms with Gasteiger partial charge in [-0.25, -0.2) is 4.39 Å². The van der Waals surface area contributed by atoms with Gasteiger partial charge in [0.1, 0.15) is 0 Å². The van der Waals surface area contributed by atoms with E-state index in [9.17, 15) is 4.39 Å². The number of halogens is 4. The first-order valence-corrected chi connectivity index (χ1v) is 6.78. The van der Waals surface area contributed by atoms with Crippen LogP contribution in [0.5, 0.6) is 0 Å². The Morgan fingerprint density at radius 1 is 1.05 bits per heavy atom. The van der Waals surface area contributed by atoms with Gasteiger partial charge in [-0.15, -0.1) is 0 Å². The van der Waals surface area contributed by atoms with E-state index in [4.69, 9.17) is 34.8 Å². The van der Waals surface area contributed by atoms with E-state index in [1.807, 2.05) is 6.92 Å². The van der Waals surface area contributed by atoms with Crippen LogP contribution < -0.4 is 5.32 Å². The van der Waals surface area contributed by atoms with E-state index < -0.39 is 5.82 Å². The second kappa shape index (κ2) is 6.00. The summed E-state index contributed by atoms with van der Waals surface area (Å²) in [6, 6.07) is 9.78. The molecule has 1 unspecified atom stereocenters. The first-order chi connectivity index (χ1) is 8.99. The predicted octanol–water partition coefficient (Wildman–Crippen LogP) is 5.96. The Hall–Kier alpha value is -0.960. The topological polar surface area (TPSA) is 12.0 Å². The number of rotatable bonds is 3. The highest BCUT2D eigenvalue weighted by Crippen LogP contribution is 2.30. The summed E-state index contributed by atoms with van der Waals surface area (Å²) >= 11 is 17.8. The highest BCUT2D eigenvalue weighted by Gasteiger charge is 2.13. The minimum Gasteiger partial charge on any atom is -0.376 e. The van der Waals surface area contributed by atoms with Crippen molar-refractivity contribution in [3.05, 3.63) is 62.8 Å². The number of benzene rings is 2. The Balaban J connectivity index is 2.28. The molecular weight excluding hydrogens is 308 g/mol. The zero-order valence-electron chi connectivity index (χ0n) is 10.1. The number of nitrogens with one attached hydrogen (secondary N) is 1. The van der Waals surface area contributed by atoms with E-state index in [0.29, 0.717) is 15.7 Å². The molecule has 1 N–H and O–H groups in total. The fourth-order valence-corrected chi connectivity index (χ4v) is 2.41. The van der Waals surface area contributed by atoms with Crippen LogP contribution in [0.15, 0.2) is 36.4 Å². The third-order valence-corrected chi connectivity index (χ3v) is 3.62. The fourth-order valence-electron chi connectivity index (χ4n) is 1.77. The number of hydrogen-bond donors (Lipinski definition) is 1. The van der Waals surface area contributed by atoms with Crippen molar-refractivity contribution in [3.8, 4) is 0 Å². The van der Waals surface area contributed by atoms with Crippen LogP contribution in [0.25, 0.3) is 0 Å². The van der Waals surface area contributed by atoms with Gasteiger partial charge in [0.05, 0.1) is 16.8 Å². The summed E-state index contributed by atoms with van der Waals surface area (Å²) < 4.78 is 13.8. The van der Waals surface area contributed by atoms with Crippen molar-refractivity contribution < 1.29 is 4.39 Å². The average Bonchev–Trinajstić information content (AvgIpc) is 2.38. The third kappa shape index (κ3) is 3.33. The van der Waals surface area contributed by atoms with Crippen molar-refractivity contribution >= 4 is 40.5 Å². The first kappa shape index (κ1) is 14.4. The van der Waals surface area contributed by atoms with Gasteiger partial charge in [0.25, 0.3) is 0 Å². The third-order valence-electron chi connectivity index (χ3n) is 2.75. The van der Waals surface area contributed by atoms with Crippen LogP contribution in [-0.4, -0.2) is 0 Å². The van der Waals surface area contributed by atoms with Gasteiger partial charge in [0, 0.05) is 10.0 Å². The second-order valence-electron chi connectivity index (χ2n) is 4.13. The lowest BCUT2D eigenvalue weighted by Gasteiger charge is -2.18. The van der Waals surface area contributed by atoms with E-state index in [-0.39, 0.29) is 11.1 Å². The van der Waals surface area contributed by atoms with Crippen molar-refractivity contribution in [2.75, 3.05) is 5.32 Å². The Kier molecular flexibility index (Phi) is 4.56. The largest absolute Gasteiger partial charge is 0.376 e. The summed E-state index contributed by atoms with van der Waals surface area (Å²) in [7, 11) is 0. The fraction of sp³-hybridized carbons (Fsp3) is 0.143. The maximum atomic E-state index is 13.8. The highest BCUT2D eigenvalue weighted by molar-refractivity contribution is 6.33. The lowest BCUT2D eigenvalue weighted by atomic mass is 10.1. The zero-order valence-corrected chi connectivity index (χ0v) is 12.3. The Morgan fingerprint density at radius 3 is 2.53 bits per heavy atom. The quantitative estimate of drug-likeness (QED) is 0.736. The minimum absolute atomic E-state index is 0.0781. The number of hydrogen-bond acceptors (Lipinski definition) is 1. The van der Waals surface area contributed by atoms with Crippen molar-refractivity contribution in [2.24, 2.45) is 0 Å². The molecule has 0 saturated heterocycles. The molecule has 0 heterocycles. The molecule has 0 aromatic heterocycles. The monoisotopic (exact) mass is 317 g/mol. The molecule has 0 bridgehead atoms. The normalized spacial score (nSPS) is 12.3. The lowest BCUT2D eigenvalue weighted by molar-refractivity contribution is 0.628. The average molecular weight is 319 g/mol. The Morgan fingerprint density at radius 2 is 1.79 bits per heavy atom. The van der Waals surface area contributed by atoms with E-state index in [0.717, 1.165) is 5.56 Å². The van der Waals surface area contributed by atoms with Gasteiger partial charge < -0.3 is 5.32 Å². The Labute approximate surface area is 126 Å². The molecule has 1 nitrogen and oxygen atoms in total. The molecule has 1 atom stereocenters. The van der Waals surface area contributed by atoms with Gasteiger partial charge in [-0.1, -0.05) is 40.9 Å². The summed E-state index contributed by atoms with van der Waals surface area (Å²) in [5.41, 5.74) is 1.13. The smallest absolute Gasteiger partial charge is 0.164 e. The SMILES string of the molecule is CC(Nc1cccc(Cl)c1F)c1cc(Cl)ccc1Cl. The molecule has 0 aliphatic rings. The molecular formula is C14H11Cl3FN. The standard InChI is InChI=1S/C14H11Cl3FN/c1-8(10-7-9(15)5-6-11(10)16)19-13-4-2-3-12(17)14(13)18/h2-8,19H,1H3. The van der Waals surface area contributed by atoms with Gasteiger partial charge in [0.2, 0.25) is 0 Å². The van der Waals surface area contributed by atoms with Crippen LogP contribution in [0.2, 0.25) is 15.1 Å². The van der Waals surface area contributed by atoms with Gasteiger partial charge in [-0.3, -0.25) is 0 Å². The van der Waals surface area contributed by atoms with E-state index >= 15 is 0 Å². The summed E-state index contributed by atoms with van der Waals surface area (Å²) in [6.07, 6.45) is 0. The lowest BCUT2D eigenvalue weighted by Crippen LogP contribution is -2.08. The van der Waals surface area contributed by atoms with E-state index in [2.05, 4.69) is 5.32 Å². The molecule has 0 amide bonds. The van der Waals surface area contributed by atoms with Crippen LogP contribution in [0.4, 0.5) is 10.1 Å². The molecule has 0 aliphatic carbocycles. The molecule has 19 heavy (non-hydrogen) atoms. The molecule has 0 radical (unpaired) electrons. The second-order valence-corrected chi connectivity index (χ2v) is 5.38. The molecule has 2 rings (SSSR count). The van der Waals surface area contributed by atoms with Gasteiger partial charge in [0.15, 0.2) is 5.82 Å². The van der Waals surface area contributed by atoms with Crippen molar-refractivity contribution in [1.82, 2.24) is 0 Å². The maximum Gasteiger partial charge on any atom is 0.164 e. The van der Waals surface area contributed by atoms with Crippen molar-refractivity contribution in [2.45, 2.75) is 13.0 Å². The molecule has 0 fully saturated rings. The molecule has 0 aliphatic heterocycles. The van der Waals surface area contributed by atoms with E-state index in [1.165, 1.54) is 6.07 Å². The molecule has 0 saturated carbocycles. The van der Waals surface area contributed by atoms with E-state index in [1.54, 1.807) is 30.3 Å². The summed E-state index contributed by atoms with van der Waals surface area (Å²) in [6.45, 7) is 1.87. The molecule has 2 aromatic rings. The van der Waals surface area contributed by atoms with Crippen LogP contribution in [0.1, 0.15) is 18.5 Å². The predicted molar refractivity (Wildman–Crippen MR) is 79.9 cm³/mol. The molecule has 2 aromatic carbocycles. The van der Waals surface area contributed by atoms with Crippen molar-refractivity contribution in [3.63, 3.8) is 0 Å². The van der Waals surface area contributed by atoms with Gasteiger partial charge >= 0.3 is 0 Å². The van der Waals surface area contributed by atoms with Crippen LogP contribution in [0, 0.1) is 5.82 Å². The Bertz CT molecular complexity index is 601. The summed E-state index contributed by atoms with van der Waals surface area (Å²) in [5.74, 6) is -0.478. The molecule has 5 heteroatoms. The summed E-state index contributed by atoms with van der Waals surface area (Å²) in [5, 5.41) is 4.27. The first-order valence-electron chi connectivity index (χ1n) is 5.64. The molecule has 0 spiro atoms. The van der Waals surface area contributed by atoms with Crippen LogP contribution in [-0.2, 0) is 0 Å². The highest BCUT2D eigenvalue weighted by atomic mass is 35.5. The van der Waals surface area contributed by atoms with Crippen molar-refractivity contribution in [1.29, 1.82) is 0 Å². The summed E-state index contributed by atoms with van der Waals surface area (Å²) in [4.78, 5) is 0. The number of anilines is 1. The van der Waals surface area contributed by atoms with Crippen LogP contribution >= 0.6 is 34.8 Å². The van der Waals surface area contributed by atoms with Crippen LogP contribution in [0.3, 0.4) is 0 Å². The van der Waals surface area contributed by atoms with Gasteiger partial charge in [-0.2, -0.15) is 0 Å².